The molecule has 0 N–H and O–H groups in total. The van der Waals surface area contributed by atoms with Gasteiger partial charge in [-0.15, -0.1) is 11.3 Å². The molecule has 1 aromatic heterocycles. The number of carbonyl (C=O) groups is 1. The molecule has 0 saturated heterocycles. The molecule has 1 aliphatic heterocycles. The SMILES string of the molecule is CN1C(=O)Cc2cc(-c3csc(-c4ccc(C(F)(F)F)cc4)n3)ccc21. The average Bonchev–Trinajstić information content (AvgIpc) is 3.20. The van der Waals surface area contributed by atoms with Crippen molar-refractivity contribution < 1.29 is 18.0 Å². The number of aromatic nitrogens is 1. The van der Waals surface area contributed by atoms with Crippen LogP contribution in [-0.2, 0) is 17.4 Å². The summed E-state index contributed by atoms with van der Waals surface area (Å²) in [6.45, 7) is 0. The molecule has 0 saturated carbocycles. The molecule has 0 aliphatic carbocycles. The number of fused-ring (bicyclic) bond motifs is 1. The fourth-order valence-electron chi connectivity index (χ4n) is 2.97. The minimum Gasteiger partial charge on any atom is -0.315 e. The Morgan fingerprint density at radius 3 is 2.46 bits per heavy atom. The summed E-state index contributed by atoms with van der Waals surface area (Å²) in [5.74, 6) is 0.0564. The molecule has 0 bridgehead atoms. The maximum Gasteiger partial charge on any atom is 0.416 e. The molecule has 3 nitrogen and oxygen atoms in total. The number of benzene rings is 2. The van der Waals surface area contributed by atoms with Crippen LogP contribution in [0.15, 0.2) is 47.8 Å². The number of rotatable bonds is 2. The van der Waals surface area contributed by atoms with Crippen LogP contribution in [0.25, 0.3) is 21.8 Å². The fourth-order valence-corrected chi connectivity index (χ4v) is 3.81. The third kappa shape index (κ3) is 2.88. The van der Waals surface area contributed by atoms with Crippen LogP contribution in [0.3, 0.4) is 0 Å². The van der Waals surface area contributed by atoms with Gasteiger partial charge >= 0.3 is 6.18 Å². The summed E-state index contributed by atoms with van der Waals surface area (Å²) in [5.41, 5.74) is 3.46. The van der Waals surface area contributed by atoms with Crippen molar-refractivity contribution in [3.63, 3.8) is 0 Å². The second kappa shape index (κ2) is 5.95. The lowest BCUT2D eigenvalue weighted by atomic mass is 10.1. The Balaban J connectivity index is 1.63. The fraction of sp³-hybridized carbons (Fsp3) is 0.158. The van der Waals surface area contributed by atoms with Crippen LogP contribution in [0, 0.1) is 0 Å². The standard InChI is InChI=1S/C19H13F3N2OS/c1-24-16-7-4-12(8-13(16)9-17(24)25)15-10-26-18(23-15)11-2-5-14(6-3-11)19(20,21)22/h2-8,10H,9H2,1H3. The van der Waals surface area contributed by atoms with E-state index in [0.717, 1.165) is 34.6 Å². The van der Waals surface area contributed by atoms with Crippen molar-refractivity contribution in [3.05, 3.63) is 59.0 Å². The summed E-state index contributed by atoms with van der Waals surface area (Å²) < 4.78 is 38.0. The lowest BCUT2D eigenvalue weighted by Crippen LogP contribution is -2.20. The number of thiazole rings is 1. The monoisotopic (exact) mass is 374 g/mol. The number of alkyl halides is 3. The third-order valence-corrected chi connectivity index (χ3v) is 5.31. The minimum absolute atomic E-state index is 0.0564. The molecule has 3 aromatic rings. The van der Waals surface area contributed by atoms with Crippen molar-refractivity contribution in [3.8, 4) is 21.8 Å². The molecule has 7 heteroatoms. The molecule has 2 heterocycles. The third-order valence-electron chi connectivity index (χ3n) is 4.42. The van der Waals surface area contributed by atoms with Gasteiger partial charge in [-0.3, -0.25) is 4.79 Å². The predicted molar refractivity (Wildman–Crippen MR) is 95.1 cm³/mol. The first-order valence-electron chi connectivity index (χ1n) is 7.86. The van der Waals surface area contributed by atoms with Crippen molar-refractivity contribution >= 4 is 22.9 Å². The van der Waals surface area contributed by atoms with E-state index in [9.17, 15) is 18.0 Å². The van der Waals surface area contributed by atoms with Gasteiger partial charge in [-0.25, -0.2) is 4.98 Å². The van der Waals surface area contributed by atoms with Crippen LogP contribution < -0.4 is 4.90 Å². The maximum absolute atomic E-state index is 12.7. The number of carbonyl (C=O) groups excluding carboxylic acids is 1. The first-order valence-corrected chi connectivity index (χ1v) is 8.74. The van der Waals surface area contributed by atoms with Crippen LogP contribution in [0.1, 0.15) is 11.1 Å². The molecule has 0 atom stereocenters. The van der Waals surface area contributed by atoms with Crippen molar-refractivity contribution in [1.82, 2.24) is 4.98 Å². The molecule has 2 aromatic carbocycles. The van der Waals surface area contributed by atoms with Crippen LogP contribution in [-0.4, -0.2) is 17.9 Å². The molecular weight excluding hydrogens is 361 g/mol. The summed E-state index contributed by atoms with van der Waals surface area (Å²) in [6, 6.07) is 10.7. The first kappa shape index (κ1) is 16.8. The zero-order valence-corrected chi connectivity index (χ0v) is 14.5. The summed E-state index contributed by atoms with van der Waals surface area (Å²) in [6.07, 6.45) is -3.98. The van der Waals surface area contributed by atoms with Crippen LogP contribution in [0.5, 0.6) is 0 Å². The Kier molecular flexibility index (Phi) is 3.84. The molecule has 0 spiro atoms. The highest BCUT2D eigenvalue weighted by molar-refractivity contribution is 7.13. The Labute approximate surface area is 151 Å². The number of amides is 1. The number of nitrogens with zero attached hydrogens (tertiary/aromatic N) is 2. The van der Waals surface area contributed by atoms with E-state index < -0.39 is 11.7 Å². The van der Waals surface area contributed by atoms with Crippen molar-refractivity contribution in [2.45, 2.75) is 12.6 Å². The highest BCUT2D eigenvalue weighted by Crippen LogP contribution is 2.35. The zero-order valence-electron chi connectivity index (χ0n) is 13.7. The summed E-state index contributed by atoms with van der Waals surface area (Å²) in [4.78, 5) is 18.0. The molecule has 0 unspecified atom stereocenters. The lowest BCUT2D eigenvalue weighted by molar-refractivity contribution is -0.137. The molecule has 4 rings (SSSR count). The van der Waals surface area contributed by atoms with E-state index in [-0.39, 0.29) is 5.91 Å². The minimum atomic E-state index is -4.35. The molecule has 1 amide bonds. The van der Waals surface area contributed by atoms with Crippen molar-refractivity contribution in [2.75, 3.05) is 11.9 Å². The topological polar surface area (TPSA) is 33.2 Å². The van der Waals surface area contributed by atoms with E-state index in [1.54, 1.807) is 11.9 Å². The van der Waals surface area contributed by atoms with Gasteiger partial charge in [0.15, 0.2) is 0 Å². The Morgan fingerprint density at radius 2 is 1.77 bits per heavy atom. The van der Waals surface area contributed by atoms with Gasteiger partial charge in [-0.1, -0.05) is 18.2 Å². The zero-order chi connectivity index (χ0) is 18.5. The first-order chi connectivity index (χ1) is 12.3. The van der Waals surface area contributed by atoms with E-state index >= 15 is 0 Å². The van der Waals surface area contributed by atoms with E-state index in [1.165, 1.54) is 23.5 Å². The maximum atomic E-state index is 12.7. The second-order valence-electron chi connectivity index (χ2n) is 6.09. The van der Waals surface area contributed by atoms with Crippen LogP contribution in [0.2, 0.25) is 0 Å². The molecule has 1 aliphatic rings. The molecule has 26 heavy (non-hydrogen) atoms. The number of anilines is 1. The molecule has 0 radical (unpaired) electrons. The Hall–Kier alpha value is -2.67. The van der Waals surface area contributed by atoms with Gasteiger partial charge in [0.2, 0.25) is 5.91 Å². The van der Waals surface area contributed by atoms with E-state index in [1.807, 2.05) is 23.6 Å². The largest absolute Gasteiger partial charge is 0.416 e. The van der Waals surface area contributed by atoms with Gasteiger partial charge in [-0.05, 0) is 29.8 Å². The van der Waals surface area contributed by atoms with Gasteiger partial charge in [-0.2, -0.15) is 13.2 Å². The Bertz CT molecular complexity index is 993. The Morgan fingerprint density at radius 1 is 1.08 bits per heavy atom. The quantitative estimate of drug-likeness (QED) is 0.631. The lowest BCUT2D eigenvalue weighted by Gasteiger charge is -2.09. The van der Waals surface area contributed by atoms with Gasteiger partial charge in [0, 0.05) is 29.2 Å². The average molecular weight is 374 g/mol. The van der Waals surface area contributed by atoms with Gasteiger partial charge in [0.05, 0.1) is 17.7 Å². The van der Waals surface area contributed by atoms with Crippen molar-refractivity contribution in [1.29, 1.82) is 0 Å². The molecular formula is C19H13F3N2OS. The summed E-state index contributed by atoms with van der Waals surface area (Å²) >= 11 is 1.38. The summed E-state index contributed by atoms with van der Waals surface area (Å²) in [5, 5.41) is 2.53. The van der Waals surface area contributed by atoms with Gasteiger partial charge in [0.25, 0.3) is 0 Å². The van der Waals surface area contributed by atoms with Crippen LogP contribution in [0.4, 0.5) is 18.9 Å². The predicted octanol–water partition coefficient (Wildman–Crippen LogP) is 5.01. The molecule has 0 fully saturated rings. The highest BCUT2D eigenvalue weighted by Gasteiger charge is 2.30. The van der Waals surface area contributed by atoms with Gasteiger partial charge in [0.1, 0.15) is 5.01 Å². The van der Waals surface area contributed by atoms with Crippen LogP contribution >= 0.6 is 11.3 Å². The summed E-state index contributed by atoms with van der Waals surface area (Å²) in [7, 11) is 1.75. The van der Waals surface area contributed by atoms with E-state index in [4.69, 9.17) is 0 Å². The smallest absolute Gasteiger partial charge is 0.315 e. The number of hydrogen-bond acceptors (Lipinski definition) is 3. The second-order valence-corrected chi connectivity index (χ2v) is 6.94. The number of halogens is 3. The van der Waals surface area contributed by atoms with E-state index in [0.29, 0.717) is 17.0 Å². The number of likely N-dealkylation sites (N-methyl/N-ethyl adjacent to an activating group) is 1. The highest BCUT2D eigenvalue weighted by atomic mass is 32.1. The number of hydrogen-bond donors (Lipinski definition) is 0. The molecule has 132 valence electrons. The van der Waals surface area contributed by atoms with Gasteiger partial charge < -0.3 is 4.90 Å². The van der Waals surface area contributed by atoms with E-state index in [2.05, 4.69) is 4.98 Å². The normalized spacial score (nSPS) is 14.0. The van der Waals surface area contributed by atoms with Crippen molar-refractivity contribution in [2.24, 2.45) is 0 Å².